The summed E-state index contributed by atoms with van der Waals surface area (Å²) in [5.74, 6) is 1.49. The van der Waals surface area contributed by atoms with Gasteiger partial charge in [-0.1, -0.05) is 83.7 Å². The summed E-state index contributed by atoms with van der Waals surface area (Å²) < 4.78 is 0. The van der Waals surface area contributed by atoms with Crippen molar-refractivity contribution in [3.8, 4) is 0 Å². The zero-order valence-corrected chi connectivity index (χ0v) is 21.0. The summed E-state index contributed by atoms with van der Waals surface area (Å²) in [5.41, 5.74) is 2.08. The second-order valence-corrected chi connectivity index (χ2v) is 10.8. The Hall–Kier alpha value is -2.89. The third kappa shape index (κ3) is 7.31. The number of allylic oxidation sites excluding steroid dienone is 3. The van der Waals surface area contributed by atoms with Crippen LogP contribution in [-0.4, -0.2) is 32.2 Å². The first-order valence-electron chi connectivity index (χ1n) is 10.8. The van der Waals surface area contributed by atoms with Crippen LogP contribution in [0, 0.1) is 5.92 Å². The van der Waals surface area contributed by atoms with Crippen molar-refractivity contribution in [2.75, 3.05) is 10.6 Å². The van der Waals surface area contributed by atoms with Crippen LogP contribution in [0.1, 0.15) is 35.3 Å². The molecule has 1 atom stereocenters. The Kier molecular flexibility index (Phi) is 8.56. The lowest BCUT2D eigenvalue weighted by Gasteiger charge is -2.16. The molecule has 1 unspecified atom stereocenters. The van der Waals surface area contributed by atoms with Crippen LogP contribution in [-0.2, 0) is 27.5 Å². The van der Waals surface area contributed by atoms with Crippen LogP contribution in [0.2, 0.25) is 0 Å². The Labute approximate surface area is 210 Å². The number of nitrogens with zero attached hydrogens (tertiary/aromatic N) is 4. The van der Waals surface area contributed by atoms with Gasteiger partial charge in [-0.25, -0.2) is 0 Å². The van der Waals surface area contributed by atoms with E-state index in [0.29, 0.717) is 40.5 Å². The van der Waals surface area contributed by atoms with E-state index < -0.39 is 0 Å². The standard InChI is InChI=1S/C23H24N6O2S3/c1-15-7-5-6-10-17(15)12-19(31)25-23-29-27-21(34-23)14-32-13-20-26-28-22(33-20)24-18(30)11-16-8-3-2-4-9-16/h2-6,8-10,15H,7,11-14H2,1H3,(H,24,28,30)(H,25,29,31). The number of hydrogen-bond acceptors (Lipinski definition) is 9. The zero-order chi connectivity index (χ0) is 23.8. The van der Waals surface area contributed by atoms with Crippen molar-refractivity contribution in [2.45, 2.75) is 37.7 Å². The molecule has 8 nitrogen and oxygen atoms in total. The predicted molar refractivity (Wildman–Crippen MR) is 138 cm³/mol. The van der Waals surface area contributed by atoms with Crippen LogP contribution in [0.5, 0.6) is 0 Å². The van der Waals surface area contributed by atoms with E-state index in [1.54, 1.807) is 11.8 Å². The number of anilines is 2. The van der Waals surface area contributed by atoms with Gasteiger partial charge < -0.3 is 10.6 Å². The third-order valence-electron chi connectivity index (χ3n) is 5.02. The molecule has 3 aromatic rings. The number of amides is 2. The number of aromatic nitrogens is 4. The van der Waals surface area contributed by atoms with Gasteiger partial charge in [0.1, 0.15) is 10.0 Å². The van der Waals surface area contributed by atoms with Crippen molar-refractivity contribution in [3.05, 3.63) is 69.7 Å². The van der Waals surface area contributed by atoms with Crippen LogP contribution in [0.4, 0.5) is 10.3 Å². The summed E-state index contributed by atoms with van der Waals surface area (Å²) in [7, 11) is 0. The Bertz CT molecular complexity index is 1190. The van der Waals surface area contributed by atoms with E-state index in [1.165, 1.54) is 22.7 Å². The fourth-order valence-electron chi connectivity index (χ4n) is 3.27. The number of hydrogen-bond donors (Lipinski definition) is 2. The van der Waals surface area contributed by atoms with E-state index in [9.17, 15) is 9.59 Å². The minimum absolute atomic E-state index is 0.0700. The first kappa shape index (κ1) is 24.2. The number of carbonyl (C=O) groups excluding carboxylic acids is 2. The van der Waals surface area contributed by atoms with Gasteiger partial charge >= 0.3 is 0 Å². The van der Waals surface area contributed by atoms with Crippen molar-refractivity contribution in [1.82, 2.24) is 20.4 Å². The molecule has 1 aliphatic rings. The molecule has 0 radical (unpaired) electrons. The predicted octanol–water partition coefficient (Wildman–Crippen LogP) is 4.86. The maximum atomic E-state index is 12.3. The normalized spacial score (nSPS) is 15.1. The molecule has 1 aromatic carbocycles. The van der Waals surface area contributed by atoms with Crippen LogP contribution in [0.15, 0.2) is 54.1 Å². The van der Waals surface area contributed by atoms with Gasteiger partial charge in [-0.2, -0.15) is 0 Å². The molecular formula is C23H24N6O2S3. The summed E-state index contributed by atoms with van der Waals surface area (Å²) >= 11 is 4.37. The Morgan fingerprint density at radius 2 is 1.56 bits per heavy atom. The van der Waals surface area contributed by atoms with Crippen molar-refractivity contribution < 1.29 is 9.59 Å². The summed E-state index contributed by atoms with van der Waals surface area (Å²) in [6.07, 6.45) is 7.78. The van der Waals surface area contributed by atoms with Crippen molar-refractivity contribution in [2.24, 2.45) is 5.92 Å². The maximum absolute atomic E-state index is 12.3. The first-order chi connectivity index (χ1) is 16.5. The largest absolute Gasteiger partial charge is 0.300 e. The molecule has 0 saturated heterocycles. The molecule has 0 bridgehead atoms. The average molecular weight is 513 g/mol. The molecule has 2 heterocycles. The van der Waals surface area contributed by atoms with E-state index in [4.69, 9.17) is 0 Å². The Morgan fingerprint density at radius 1 is 0.941 bits per heavy atom. The molecule has 4 rings (SSSR count). The van der Waals surface area contributed by atoms with Crippen LogP contribution >= 0.6 is 34.4 Å². The fourth-order valence-corrected chi connectivity index (χ4v) is 5.91. The molecule has 0 saturated carbocycles. The third-order valence-corrected chi connectivity index (χ3v) is 8.02. The molecular weight excluding hydrogens is 488 g/mol. The SMILES string of the molecule is CC1CC=CC=C1CC(=O)Nc1nnc(CSCc2nnc(NC(=O)Cc3ccccc3)s2)s1. The fraction of sp³-hybridized carbons (Fsp3) is 0.304. The Balaban J connectivity index is 1.18. The van der Waals surface area contributed by atoms with E-state index in [0.717, 1.165) is 27.6 Å². The number of rotatable bonds is 10. The average Bonchev–Trinajstić information content (AvgIpc) is 3.45. The van der Waals surface area contributed by atoms with Gasteiger partial charge in [-0.3, -0.25) is 9.59 Å². The van der Waals surface area contributed by atoms with Gasteiger partial charge in [0, 0.05) is 17.9 Å². The number of benzene rings is 1. The van der Waals surface area contributed by atoms with Gasteiger partial charge in [0.15, 0.2) is 0 Å². The molecule has 34 heavy (non-hydrogen) atoms. The molecule has 2 N–H and O–H groups in total. The van der Waals surface area contributed by atoms with Gasteiger partial charge in [0.05, 0.1) is 6.42 Å². The van der Waals surface area contributed by atoms with E-state index in [1.807, 2.05) is 42.5 Å². The maximum Gasteiger partial charge on any atom is 0.230 e. The van der Waals surface area contributed by atoms with Gasteiger partial charge in [0.25, 0.3) is 0 Å². The number of thioether (sulfide) groups is 1. The smallest absolute Gasteiger partial charge is 0.230 e. The molecule has 176 valence electrons. The summed E-state index contributed by atoms with van der Waals surface area (Å²) in [6, 6.07) is 9.57. The lowest BCUT2D eigenvalue weighted by molar-refractivity contribution is -0.116. The van der Waals surface area contributed by atoms with Crippen molar-refractivity contribution in [1.29, 1.82) is 0 Å². The first-order valence-corrected chi connectivity index (χ1v) is 13.6. The molecule has 2 aromatic heterocycles. The zero-order valence-electron chi connectivity index (χ0n) is 18.6. The van der Waals surface area contributed by atoms with Crippen molar-refractivity contribution >= 4 is 56.5 Å². The van der Waals surface area contributed by atoms with E-state index >= 15 is 0 Å². The molecule has 0 aliphatic heterocycles. The highest BCUT2D eigenvalue weighted by Crippen LogP contribution is 2.26. The second kappa shape index (κ2) is 12.0. The number of carbonyl (C=O) groups is 2. The van der Waals surface area contributed by atoms with Gasteiger partial charge in [-0.15, -0.1) is 32.2 Å². The molecule has 11 heteroatoms. The summed E-state index contributed by atoms with van der Waals surface area (Å²) in [5, 5.41) is 24.8. The minimum Gasteiger partial charge on any atom is -0.300 e. The highest BCUT2D eigenvalue weighted by atomic mass is 32.2. The van der Waals surface area contributed by atoms with Crippen LogP contribution < -0.4 is 10.6 Å². The number of nitrogens with one attached hydrogen (secondary N) is 2. The minimum atomic E-state index is -0.115. The summed E-state index contributed by atoms with van der Waals surface area (Å²) in [4.78, 5) is 24.5. The molecule has 2 amide bonds. The van der Waals surface area contributed by atoms with Crippen LogP contribution in [0.25, 0.3) is 0 Å². The second-order valence-electron chi connectivity index (χ2n) is 7.74. The topological polar surface area (TPSA) is 110 Å². The monoisotopic (exact) mass is 512 g/mol. The lowest BCUT2D eigenvalue weighted by atomic mass is 9.91. The Morgan fingerprint density at radius 3 is 2.18 bits per heavy atom. The van der Waals surface area contributed by atoms with E-state index in [-0.39, 0.29) is 11.8 Å². The lowest BCUT2D eigenvalue weighted by Crippen LogP contribution is -2.15. The summed E-state index contributed by atoms with van der Waals surface area (Å²) in [6.45, 7) is 2.13. The van der Waals surface area contributed by atoms with E-state index in [2.05, 4.69) is 44.0 Å². The quantitative estimate of drug-likeness (QED) is 0.399. The van der Waals surface area contributed by atoms with Gasteiger partial charge in [0.2, 0.25) is 22.1 Å². The van der Waals surface area contributed by atoms with Crippen molar-refractivity contribution in [3.63, 3.8) is 0 Å². The molecule has 1 aliphatic carbocycles. The highest BCUT2D eigenvalue weighted by Gasteiger charge is 2.16. The molecule has 0 fully saturated rings. The highest BCUT2D eigenvalue weighted by molar-refractivity contribution is 7.97. The van der Waals surface area contributed by atoms with Crippen LogP contribution in [0.3, 0.4) is 0 Å². The van der Waals surface area contributed by atoms with Gasteiger partial charge in [-0.05, 0) is 17.9 Å². The molecule has 0 spiro atoms.